The van der Waals surface area contributed by atoms with Crippen molar-refractivity contribution in [2.24, 2.45) is 0 Å². The first-order valence-corrected chi connectivity index (χ1v) is 11.4. The lowest BCUT2D eigenvalue weighted by atomic mass is 10.1. The van der Waals surface area contributed by atoms with Crippen LogP contribution in [0.2, 0.25) is 10.0 Å². The molecular weight excluding hydrogens is 435 g/mol. The van der Waals surface area contributed by atoms with E-state index in [4.69, 9.17) is 27.9 Å². The lowest BCUT2D eigenvalue weighted by Gasteiger charge is -2.21. The summed E-state index contributed by atoms with van der Waals surface area (Å²) in [6.45, 7) is 9.60. The fraction of sp³-hybridized carbons (Fsp3) is 0.500. The van der Waals surface area contributed by atoms with E-state index in [2.05, 4.69) is 11.8 Å². The molecule has 0 spiro atoms. The molecule has 1 aromatic heterocycles. The third kappa shape index (κ3) is 7.67. The van der Waals surface area contributed by atoms with Gasteiger partial charge in [-0.05, 0) is 71.0 Å². The first kappa shape index (κ1) is 25.4. The molecule has 0 saturated carbocycles. The van der Waals surface area contributed by atoms with E-state index in [-0.39, 0.29) is 16.6 Å². The SMILES string of the molecule is CCCCN(C)Cc1c(Cl)cc(Cl)c(=O)n1CCc1ccc(C(=O)OC(C)(C)C)cc1. The standard InChI is InChI=1S/C24H32Cl2N2O3/c1-6-7-13-27(5)16-21-19(25)15-20(26)22(29)28(21)14-12-17-8-10-18(11-9-17)23(30)31-24(2,3)4/h8-11,15H,6-7,12-14,16H2,1-5H3. The summed E-state index contributed by atoms with van der Waals surface area (Å²) in [4.78, 5) is 27.1. The van der Waals surface area contributed by atoms with Crippen LogP contribution in [0, 0.1) is 0 Å². The van der Waals surface area contributed by atoms with E-state index in [1.165, 1.54) is 6.07 Å². The molecule has 1 heterocycles. The zero-order valence-corrected chi connectivity index (χ0v) is 20.5. The van der Waals surface area contributed by atoms with Crippen LogP contribution in [0.3, 0.4) is 0 Å². The number of nitrogens with zero attached hydrogens (tertiary/aromatic N) is 2. The van der Waals surface area contributed by atoms with Gasteiger partial charge in [-0.2, -0.15) is 0 Å². The van der Waals surface area contributed by atoms with Crippen molar-refractivity contribution in [1.29, 1.82) is 0 Å². The van der Waals surface area contributed by atoms with Crippen LogP contribution in [-0.2, 0) is 24.2 Å². The number of carbonyl (C=O) groups is 1. The Morgan fingerprint density at radius 1 is 1.13 bits per heavy atom. The molecule has 5 nitrogen and oxygen atoms in total. The van der Waals surface area contributed by atoms with E-state index < -0.39 is 5.60 Å². The van der Waals surface area contributed by atoms with Crippen LogP contribution in [-0.4, -0.2) is 34.6 Å². The number of esters is 1. The maximum atomic E-state index is 12.7. The monoisotopic (exact) mass is 466 g/mol. The average Bonchev–Trinajstić information content (AvgIpc) is 2.69. The van der Waals surface area contributed by atoms with Gasteiger partial charge in [0.05, 0.1) is 16.3 Å². The van der Waals surface area contributed by atoms with E-state index in [1.54, 1.807) is 16.7 Å². The Balaban J connectivity index is 2.17. The summed E-state index contributed by atoms with van der Waals surface area (Å²) >= 11 is 12.6. The molecule has 0 fully saturated rings. The molecular formula is C24H32Cl2N2O3. The van der Waals surface area contributed by atoms with Crippen molar-refractivity contribution in [3.05, 3.63) is 67.6 Å². The molecule has 0 atom stereocenters. The fourth-order valence-electron chi connectivity index (χ4n) is 3.18. The minimum Gasteiger partial charge on any atom is -0.456 e. The number of carbonyl (C=O) groups excluding carboxylic acids is 1. The van der Waals surface area contributed by atoms with E-state index in [1.807, 2.05) is 40.0 Å². The Hall–Kier alpha value is -1.82. The van der Waals surface area contributed by atoms with Crippen molar-refractivity contribution in [2.45, 2.75) is 65.6 Å². The smallest absolute Gasteiger partial charge is 0.338 e. The molecule has 2 rings (SSSR count). The molecule has 0 amide bonds. The molecule has 0 aliphatic carbocycles. The van der Waals surface area contributed by atoms with E-state index in [0.29, 0.717) is 30.1 Å². The van der Waals surface area contributed by atoms with Gasteiger partial charge in [0.25, 0.3) is 5.56 Å². The van der Waals surface area contributed by atoms with E-state index in [0.717, 1.165) is 30.6 Å². The van der Waals surface area contributed by atoms with Gasteiger partial charge in [-0.3, -0.25) is 4.79 Å². The zero-order chi connectivity index (χ0) is 23.2. The largest absolute Gasteiger partial charge is 0.456 e. The Morgan fingerprint density at radius 3 is 2.35 bits per heavy atom. The van der Waals surface area contributed by atoms with Crippen LogP contribution >= 0.6 is 23.2 Å². The van der Waals surface area contributed by atoms with Gasteiger partial charge in [0, 0.05) is 13.1 Å². The predicted molar refractivity (Wildman–Crippen MR) is 127 cm³/mol. The Kier molecular flexibility index (Phi) is 9.16. The highest BCUT2D eigenvalue weighted by atomic mass is 35.5. The summed E-state index contributed by atoms with van der Waals surface area (Å²) < 4.78 is 7.06. The fourth-order valence-corrected chi connectivity index (χ4v) is 3.72. The molecule has 2 aromatic rings. The van der Waals surface area contributed by atoms with Gasteiger partial charge in [-0.15, -0.1) is 0 Å². The maximum absolute atomic E-state index is 12.7. The van der Waals surface area contributed by atoms with Gasteiger partial charge in [0.1, 0.15) is 10.6 Å². The third-order valence-corrected chi connectivity index (χ3v) is 5.43. The molecule has 1 aromatic carbocycles. The quantitative estimate of drug-likeness (QED) is 0.452. The summed E-state index contributed by atoms with van der Waals surface area (Å²) in [5.41, 5.74) is 1.49. The second-order valence-corrected chi connectivity index (χ2v) is 9.60. The van der Waals surface area contributed by atoms with Crippen LogP contribution < -0.4 is 5.56 Å². The minimum absolute atomic E-state index is 0.116. The van der Waals surface area contributed by atoms with Gasteiger partial charge in [0.2, 0.25) is 0 Å². The van der Waals surface area contributed by atoms with Crippen LogP contribution in [0.15, 0.2) is 35.1 Å². The average molecular weight is 467 g/mol. The van der Waals surface area contributed by atoms with Crippen molar-refractivity contribution < 1.29 is 9.53 Å². The van der Waals surface area contributed by atoms with Gasteiger partial charge >= 0.3 is 5.97 Å². The van der Waals surface area contributed by atoms with E-state index in [9.17, 15) is 9.59 Å². The molecule has 0 aliphatic heterocycles. The first-order valence-electron chi connectivity index (χ1n) is 10.6. The number of rotatable bonds is 9. The number of hydrogen-bond donors (Lipinski definition) is 0. The first-order chi connectivity index (χ1) is 14.5. The van der Waals surface area contributed by atoms with Crippen LogP contribution in [0.1, 0.15) is 62.2 Å². The summed E-state index contributed by atoms with van der Waals surface area (Å²) in [5.74, 6) is -0.353. The lowest BCUT2D eigenvalue weighted by Crippen LogP contribution is -2.29. The Bertz CT molecular complexity index is 947. The van der Waals surface area contributed by atoms with E-state index >= 15 is 0 Å². The lowest BCUT2D eigenvalue weighted by molar-refractivity contribution is 0.00695. The molecule has 0 radical (unpaired) electrons. The molecule has 170 valence electrons. The van der Waals surface area contributed by atoms with Crippen molar-refractivity contribution in [2.75, 3.05) is 13.6 Å². The predicted octanol–water partition coefficient (Wildman–Crippen LogP) is 5.59. The highest BCUT2D eigenvalue weighted by Crippen LogP contribution is 2.20. The molecule has 0 unspecified atom stereocenters. The van der Waals surface area contributed by atoms with Crippen LogP contribution in [0.25, 0.3) is 0 Å². The molecule has 0 saturated heterocycles. The Labute approximate surface area is 194 Å². The zero-order valence-electron chi connectivity index (χ0n) is 19.0. The number of benzene rings is 1. The van der Waals surface area contributed by atoms with Gasteiger partial charge in [-0.1, -0.05) is 48.7 Å². The maximum Gasteiger partial charge on any atom is 0.338 e. The molecule has 31 heavy (non-hydrogen) atoms. The normalized spacial score (nSPS) is 11.7. The molecule has 0 bridgehead atoms. The number of halogens is 2. The van der Waals surface area contributed by atoms with Crippen LogP contribution in [0.5, 0.6) is 0 Å². The summed E-state index contributed by atoms with van der Waals surface area (Å²) in [6.07, 6.45) is 2.79. The number of pyridine rings is 1. The van der Waals surface area contributed by atoms with Gasteiger partial charge in [-0.25, -0.2) is 4.79 Å². The summed E-state index contributed by atoms with van der Waals surface area (Å²) in [5, 5.41) is 0.610. The van der Waals surface area contributed by atoms with Crippen molar-refractivity contribution in [3.63, 3.8) is 0 Å². The highest BCUT2D eigenvalue weighted by Gasteiger charge is 2.18. The number of ether oxygens (including phenoxy) is 1. The van der Waals surface area contributed by atoms with Crippen molar-refractivity contribution in [3.8, 4) is 0 Å². The van der Waals surface area contributed by atoms with Crippen LogP contribution in [0.4, 0.5) is 0 Å². The third-order valence-electron chi connectivity index (χ3n) is 4.83. The number of hydrogen-bond acceptors (Lipinski definition) is 4. The summed E-state index contributed by atoms with van der Waals surface area (Å²) in [6, 6.07) is 8.78. The second-order valence-electron chi connectivity index (χ2n) is 8.78. The van der Waals surface area contributed by atoms with Crippen molar-refractivity contribution >= 4 is 29.2 Å². The Morgan fingerprint density at radius 2 is 1.77 bits per heavy atom. The number of aromatic nitrogens is 1. The topological polar surface area (TPSA) is 51.5 Å². The second kappa shape index (κ2) is 11.2. The van der Waals surface area contributed by atoms with Crippen molar-refractivity contribution in [1.82, 2.24) is 9.47 Å². The van der Waals surface area contributed by atoms with Gasteiger partial charge < -0.3 is 14.2 Å². The molecule has 0 N–H and O–H groups in total. The summed E-state index contributed by atoms with van der Waals surface area (Å²) in [7, 11) is 2.02. The molecule has 7 heteroatoms. The molecule has 0 aliphatic rings. The highest BCUT2D eigenvalue weighted by molar-refractivity contribution is 6.34. The van der Waals surface area contributed by atoms with Gasteiger partial charge in [0.15, 0.2) is 0 Å². The minimum atomic E-state index is -0.538. The number of aryl methyl sites for hydroxylation is 1. The number of unbranched alkanes of at least 4 members (excludes halogenated alkanes) is 1.